The molecular weight excluding hydrogens is 599 g/mol. The summed E-state index contributed by atoms with van der Waals surface area (Å²) in [5.41, 5.74) is 6.28. The van der Waals surface area contributed by atoms with Crippen LogP contribution < -0.4 is 11.1 Å². The summed E-state index contributed by atoms with van der Waals surface area (Å²) in [6.45, 7) is 4.46. The predicted octanol–water partition coefficient (Wildman–Crippen LogP) is 3.38. The highest BCUT2D eigenvalue weighted by atomic mass is 19.1. The third-order valence-corrected chi connectivity index (χ3v) is 7.16. The molecule has 1 aromatic heterocycles. The maximum atomic E-state index is 14.2. The average molecular weight is 641 g/mol. The number of benzene rings is 2. The first-order chi connectivity index (χ1) is 21.8. The van der Waals surface area contributed by atoms with Crippen LogP contribution in [0.5, 0.6) is 0 Å². The Morgan fingerprint density at radius 1 is 1.02 bits per heavy atom. The number of esters is 2. The fourth-order valence-corrected chi connectivity index (χ4v) is 4.73. The number of carbonyl (C=O) groups excluding carboxylic acids is 4. The quantitative estimate of drug-likeness (QED) is 0.138. The monoisotopic (exact) mass is 640 g/mol. The van der Waals surface area contributed by atoms with E-state index in [1.807, 2.05) is 0 Å². The molecule has 12 nitrogen and oxygen atoms in total. The summed E-state index contributed by atoms with van der Waals surface area (Å²) in [5, 5.41) is 13.2. The van der Waals surface area contributed by atoms with E-state index in [9.17, 15) is 28.7 Å². The molecule has 0 fully saturated rings. The van der Waals surface area contributed by atoms with Crippen LogP contribution >= 0.6 is 0 Å². The summed E-state index contributed by atoms with van der Waals surface area (Å²) < 4.78 is 30.2. The lowest BCUT2D eigenvalue weighted by molar-refractivity contribution is -0.165. The first-order valence-electron chi connectivity index (χ1n) is 15.1. The second kappa shape index (κ2) is 17.3. The Morgan fingerprint density at radius 3 is 2.37 bits per heavy atom. The van der Waals surface area contributed by atoms with E-state index < -0.39 is 60.0 Å². The molecular formula is C33H41FN4O8. The van der Waals surface area contributed by atoms with Crippen molar-refractivity contribution in [2.24, 2.45) is 11.7 Å². The van der Waals surface area contributed by atoms with Gasteiger partial charge in [-0.25, -0.2) is 9.37 Å². The number of fused-ring (bicyclic) bond motifs is 1. The smallest absolute Gasteiger partial charge is 0.308 e. The molecule has 248 valence electrons. The van der Waals surface area contributed by atoms with Crippen molar-refractivity contribution in [3.05, 3.63) is 71.8 Å². The molecule has 0 aliphatic heterocycles. The number of aromatic nitrogens is 2. The minimum atomic E-state index is -1.08. The molecule has 0 unspecified atom stereocenters. The van der Waals surface area contributed by atoms with Gasteiger partial charge in [0.25, 0.3) is 5.91 Å². The number of hydrogen-bond acceptors (Lipinski definition) is 10. The molecule has 0 saturated carbocycles. The van der Waals surface area contributed by atoms with Crippen molar-refractivity contribution in [2.45, 2.75) is 77.0 Å². The minimum Gasteiger partial charge on any atom is -0.466 e. The van der Waals surface area contributed by atoms with Crippen LogP contribution in [0.25, 0.3) is 11.0 Å². The van der Waals surface area contributed by atoms with E-state index in [4.69, 9.17) is 19.9 Å². The topological polar surface area (TPSA) is 180 Å². The number of carbonyl (C=O) groups is 4. The van der Waals surface area contributed by atoms with Crippen molar-refractivity contribution in [3.8, 4) is 0 Å². The fraction of sp³-hybridized carbons (Fsp3) is 0.455. The highest BCUT2D eigenvalue weighted by molar-refractivity contribution is 5.94. The predicted molar refractivity (Wildman–Crippen MR) is 165 cm³/mol. The first-order valence-corrected chi connectivity index (χ1v) is 15.1. The fourth-order valence-electron chi connectivity index (χ4n) is 4.73. The highest BCUT2D eigenvalue weighted by Crippen LogP contribution is 2.24. The summed E-state index contributed by atoms with van der Waals surface area (Å²) in [4.78, 5) is 58.7. The van der Waals surface area contributed by atoms with Gasteiger partial charge in [0.1, 0.15) is 11.5 Å². The van der Waals surface area contributed by atoms with Gasteiger partial charge in [-0.05, 0) is 76.3 Å². The van der Waals surface area contributed by atoms with Crippen molar-refractivity contribution in [2.75, 3.05) is 13.4 Å². The van der Waals surface area contributed by atoms with Gasteiger partial charge in [0.2, 0.25) is 5.91 Å². The Hall–Kier alpha value is -4.49. The van der Waals surface area contributed by atoms with Crippen LogP contribution in [0.2, 0.25) is 0 Å². The number of nitrogens with zero attached hydrogens (tertiary/aromatic N) is 2. The largest absolute Gasteiger partial charge is 0.466 e. The summed E-state index contributed by atoms with van der Waals surface area (Å²) in [6.07, 6.45) is 0.386. The second-order valence-corrected chi connectivity index (χ2v) is 11.5. The Labute approximate surface area is 266 Å². The van der Waals surface area contributed by atoms with Gasteiger partial charge in [-0.15, -0.1) is 0 Å². The van der Waals surface area contributed by atoms with Gasteiger partial charge in [-0.3, -0.25) is 24.2 Å². The van der Waals surface area contributed by atoms with E-state index in [1.54, 1.807) is 51.1 Å². The number of rotatable bonds is 18. The molecule has 4 N–H and O–H groups in total. The molecule has 2 amide bonds. The molecule has 3 aromatic rings. The second-order valence-electron chi connectivity index (χ2n) is 11.5. The zero-order valence-electron chi connectivity index (χ0n) is 26.2. The number of ether oxygens (including phenoxy) is 3. The average Bonchev–Trinajstić information content (AvgIpc) is 3.00. The maximum Gasteiger partial charge on any atom is 0.308 e. The van der Waals surface area contributed by atoms with E-state index in [0.717, 1.165) is 0 Å². The number of amides is 2. The molecule has 2 aromatic carbocycles. The van der Waals surface area contributed by atoms with E-state index >= 15 is 0 Å². The van der Waals surface area contributed by atoms with Crippen LogP contribution in [0.15, 0.2) is 54.7 Å². The van der Waals surface area contributed by atoms with Gasteiger partial charge in [0, 0.05) is 5.92 Å². The molecule has 0 aliphatic rings. The Kier molecular flexibility index (Phi) is 13.5. The molecule has 46 heavy (non-hydrogen) atoms. The van der Waals surface area contributed by atoms with E-state index in [0.29, 0.717) is 16.6 Å². The van der Waals surface area contributed by atoms with Crippen molar-refractivity contribution in [1.82, 2.24) is 15.3 Å². The Morgan fingerprint density at radius 2 is 1.72 bits per heavy atom. The van der Waals surface area contributed by atoms with Gasteiger partial charge in [0.15, 0.2) is 6.79 Å². The number of halogens is 1. The summed E-state index contributed by atoms with van der Waals surface area (Å²) in [7, 11) is 0. The van der Waals surface area contributed by atoms with E-state index in [2.05, 4.69) is 15.3 Å². The summed E-state index contributed by atoms with van der Waals surface area (Å²) >= 11 is 0. The third-order valence-electron chi connectivity index (χ3n) is 7.16. The lowest BCUT2D eigenvalue weighted by Crippen LogP contribution is -2.48. The number of primary amides is 1. The lowest BCUT2D eigenvalue weighted by Gasteiger charge is -2.31. The van der Waals surface area contributed by atoms with Crippen molar-refractivity contribution in [1.29, 1.82) is 0 Å². The molecule has 0 spiro atoms. The van der Waals surface area contributed by atoms with Gasteiger partial charge in [-0.2, -0.15) is 0 Å². The molecule has 0 saturated heterocycles. The van der Waals surface area contributed by atoms with Crippen LogP contribution in [0, 0.1) is 11.7 Å². The summed E-state index contributed by atoms with van der Waals surface area (Å²) in [6, 6.07) is 11.9. The number of nitrogens with one attached hydrogen (secondary N) is 1. The van der Waals surface area contributed by atoms with E-state index in [1.165, 1.54) is 24.4 Å². The highest BCUT2D eigenvalue weighted by Gasteiger charge is 2.32. The molecule has 0 bridgehead atoms. The minimum absolute atomic E-state index is 0.0144. The third kappa shape index (κ3) is 12.1. The molecule has 3 atom stereocenters. The molecule has 1 heterocycles. The SMILES string of the molecule is CCOC(=O)CCC(=O)OCO[C@@H](C[C@@H](CCC(C)(C)O)C(N)=O)[C@H](Cc1cccc(F)c1)NC(=O)c1cnc2ccccc2n1. The summed E-state index contributed by atoms with van der Waals surface area (Å²) in [5.74, 6) is -3.83. The molecule has 0 radical (unpaired) electrons. The Bertz CT molecular complexity index is 1500. The molecule has 0 aliphatic carbocycles. The van der Waals surface area contributed by atoms with Crippen molar-refractivity contribution >= 4 is 34.8 Å². The molecule has 3 rings (SSSR count). The number of hydrogen-bond donors (Lipinski definition) is 3. The van der Waals surface area contributed by atoms with Crippen LogP contribution in [-0.2, 0) is 35.0 Å². The van der Waals surface area contributed by atoms with Crippen LogP contribution in [0.4, 0.5) is 4.39 Å². The van der Waals surface area contributed by atoms with Crippen LogP contribution in [0.3, 0.4) is 0 Å². The van der Waals surface area contributed by atoms with Crippen molar-refractivity contribution < 1.29 is 42.9 Å². The zero-order chi connectivity index (χ0) is 33.7. The number of aliphatic hydroxyl groups is 1. The first kappa shape index (κ1) is 36.0. The van der Waals surface area contributed by atoms with Crippen LogP contribution in [-0.4, -0.2) is 70.0 Å². The number of nitrogens with two attached hydrogens (primary N) is 1. The van der Waals surface area contributed by atoms with Gasteiger partial charge < -0.3 is 30.4 Å². The van der Waals surface area contributed by atoms with Gasteiger partial charge in [-0.1, -0.05) is 24.3 Å². The normalized spacial score (nSPS) is 13.4. The standard InChI is InChI=1S/C33H41FN4O8/c1-4-44-29(39)12-13-30(40)46-20-45-28(18-22(31(35)41)14-15-33(2,3)43)26(17-21-8-7-9-23(34)16-21)38-32(42)27-19-36-24-10-5-6-11-25(24)37-27/h5-11,16,19,22,26,28,43H,4,12-15,17-18,20H2,1-3H3,(H2,35,41)(H,38,42)/t22-,26+,28+/m1/s1. The van der Waals surface area contributed by atoms with Crippen molar-refractivity contribution in [3.63, 3.8) is 0 Å². The maximum absolute atomic E-state index is 14.2. The van der Waals surface area contributed by atoms with Gasteiger partial charge in [0.05, 0.1) is 54.4 Å². The van der Waals surface area contributed by atoms with Gasteiger partial charge >= 0.3 is 11.9 Å². The molecule has 13 heteroatoms. The zero-order valence-corrected chi connectivity index (χ0v) is 26.2. The number of para-hydroxylation sites is 2. The Balaban J connectivity index is 1.89. The van der Waals surface area contributed by atoms with E-state index in [-0.39, 0.29) is 50.8 Å². The van der Waals surface area contributed by atoms with Crippen LogP contribution in [0.1, 0.15) is 68.9 Å². The lowest BCUT2D eigenvalue weighted by atomic mass is 9.87.